The second kappa shape index (κ2) is 10.3. The summed E-state index contributed by atoms with van der Waals surface area (Å²) >= 11 is 0. The van der Waals surface area contributed by atoms with Gasteiger partial charge in [0.15, 0.2) is 0 Å². The fourth-order valence-electron chi connectivity index (χ4n) is 3.76. The third-order valence-electron chi connectivity index (χ3n) is 6.15. The number of aliphatic hydroxyl groups excluding tert-OH is 1. The number of aliphatic hydroxyl groups is 1. The van der Waals surface area contributed by atoms with Crippen molar-refractivity contribution in [1.82, 2.24) is 4.98 Å². The Balaban J connectivity index is 1.98. The fraction of sp³-hybridized carbons (Fsp3) is 0.560. The van der Waals surface area contributed by atoms with Gasteiger partial charge in [0.1, 0.15) is 5.60 Å². The van der Waals surface area contributed by atoms with E-state index in [1.54, 1.807) is 6.92 Å². The molecular weight excluding hydrogens is 394 g/mol. The van der Waals surface area contributed by atoms with E-state index in [-0.39, 0.29) is 23.2 Å². The van der Waals surface area contributed by atoms with Crippen molar-refractivity contribution in [1.29, 1.82) is 0 Å². The maximum Gasteiger partial charge on any atom is 0.238 e. The number of nitrogens with one attached hydrogen (secondary N) is 1. The van der Waals surface area contributed by atoms with E-state index in [0.717, 1.165) is 17.7 Å². The molecule has 6 heteroatoms. The van der Waals surface area contributed by atoms with Gasteiger partial charge in [-0.05, 0) is 41.0 Å². The van der Waals surface area contributed by atoms with Crippen LogP contribution in [0.15, 0.2) is 40.2 Å². The molecule has 2 unspecified atom stereocenters. The van der Waals surface area contributed by atoms with Gasteiger partial charge in [0.2, 0.25) is 17.1 Å². The lowest BCUT2D eigenvalue weighted by atomic mass is 9.90. The van der Waals surface area contributed by atoms with Crippen LogP contribution < -0.4 is 14.9 Å². The molecule has 0 radical (unpaired) electrons. The van der Waals surface area contributed by atoms with Crippen LogP contribution in [-0.2, 0) is 11.2 Å². The first-order valence-electron chi connectivity index (χ1n) is 10.7. The molecule has 0 spiro atoms. The minimum Gasteiger partial charge on any atom is -0.488 e. The summed E-state index contributed by atoms with van der Waals surface area (Å²) in [5.41, 5.74) is 3.16. The minimum absolute atomic E-state index is 0.0149. The second-order valence-electron chi connectivity index (χ2n) is 8.64. The maximum atomic E-state index is 12.4. The van der Waals surface area contributed by atoms with Crippen molar-refractivity contribution in [3.8, 4) is 11.6 Å². The van der Waals surface area contributed by atoms with Crippen LogP contribution in [0.25, 0.3) is 0 Å². The van der Waals surface area contributed by atoms with Crippen molar-refractivity contribution in [2.75, 3.05) is 14.2 Å². The average Bonchev–Trinajstić information content (AvgIpc) is 3.35. The van der Waals surface area contributed by atoms with E-state index in [0.29, 0.717) is 17.9 Å². The number of aromatic nitrogens is 1. The van der Waals surface area contributed by atoms with Gasteiger partial charge < -0.3 is 24.3 Å². The molecule has 1 aromatic heterocycles. The van der Waals surface area contributed by atoms with Crippen LogP contribution >= 0.6 is 0 Å². The van der Waals surface area contributed by atoms with E-state index < -0.39 is 11.7 Å². The van der Waals surface area contributed by atoms with Crippen molar-refractivity contribution in [3.63, 3.8) is 0 Å². The Hall–Kier alpha value is -2.31. The Kier molecular flexibility index (Phi) is 8.32. The highest BCUT2D eigenvalue weighted by molar-refractivity contribution is 5.40. The van der Waals surface area contributed by atoms with Crippen LogP contribution in [0.3, 0.4) is 0 Å². The van der Waals surface area contributed by atoms with Gasteiger partial charge in [-0.1, -0.05) is 42.4 Å². The minimum atomic E-state index is -0.514. The highest BCUT2D eigenvalue weighted by Gasteiger charge is 2.55. The predicted octanol–water partition coefficient (Wildman–Crippen LogP) is 4.26. The van der Waals surface area contributed by atoms with E-state index in [2.05, 4.69) is 36.2 Å². The third kappa shape index (κ3) is 5.89. The summed E-state index contributed by atoms with van der Waals surface area (Å²) < 4.78 is 15.9. The molecule has 4 atom stereocenters. The summed E-state index contributed by atoms with van der Waals surface area (Å²) in [4.78, 5) is 15.6. The molecule has 0 saturated carbocycles. The Labute approximate surface area is 185 Å². The van der Waals surface area contributed by atoms with Gasteiger partial charge in [-0.2, -0.15) is 0 Å². The molecule has 31 heavy (non-hydrogen) atoms. The van der Waals surface area contributed by atoms with E-state index >= 15 is 0 Å². The van der Waals surface area contributed by atoms with Crippen LogP contribution in [-0.4, -0.2) is 42.1 Å². The number of rotatable bonds is 10. The number of methoxy groups -OCH3 is 2. The normalized spacial score (nSPS) is 23.7. The van der Waals surface area contributed by atoms with E-state index in [4.69, 9.17) is 14.2 Å². The first-order chi connectivity index (χ1) is 14.5. The number of allylic oxidation sites excluding steroid dienone is 5. The Morgan fingerprint density at radius 2 is 1.97 bits per heavy atom. The van der Waals surface area contributed by atoms with Gasteiger partial charge in [-0.15, -0.1) is 0 Å². The molecule has 2 heterocycles. The van der Waals surface area contributed by atoms with Gasteiger partial charge in [0.25, 0.3) is 0 Å². The molecule has 0 aromatic carbocycles. The number of aromatic amines is 1. The van der Waals surface area contributed by atoms with Gasteiger partial charge in [-0.3, -0.25) is 4.79 Å². The lowest BCUT2D eigenvalue weighted by molar-refractivity contribution is 0.0564. The van der Waals surface area contributed by atoms with Gasteiger partial charge in [0, 0.05) is 23.6 Å². The number of hydrogen-bond acceptors (Lipinski definition) is 5. The number of ether oxygens (including phenoxy) is 3. The third-order valence-corrected chi connectivity index (χ3v) is 6.15. The highest BCUT2D eigenvalue weighted by Crippen LogP contribution is 2.41. The Morgan fingerprint density at radius 3 is 2.52 bits per heavy atom. The lowest BCUT2D eigenvalue weighted by Gasteiger charge is -2.20. The monoisotopic (exact) mass is 431 g/mol. The first-order valence-corrected chi connectivity index (χ1v) is 10.7. The van der Waals surface area contributed by atoms with Gasteiger partial charge >= 0.3 is 0 Å². The van der Waals surface area contributed by atoms with Crippen LogP contribution in [0.1, 0.15) is 52.3 Å². The van der Waals surface area contributed by atoms with E-state index in [1.165, 1.54) is 19.8 Å². The Bertz CT molecular complexity index is 927. The molecule has 1 aliphatic heterocycles. The summed E-state index contributed by atoms with van der Waals surface area (Å²) in [7, 11) is 2.97. The van der Waals surface area contributed by atoms with Crippen molar-refractivity contribution in [2.45, 2.75) is 72.2 Å². The maximum absolute atomic E-state index is 12.4. The summed E-state index contributed by atoms with van der Waals surface area (Å²) in [5, 5.41) is 10.5. The molecule has 0 bridgehead atoms. The number of pyridine rings is 1. The summed E-state index contributed by atoms with van der Waals surface area (Å²) in [6.45, 7) is 11.8. The zero-order chi connectivity index (χ0) is 23.3. The summed E-state index contributed by atoms with van der Waals surface area (Å²) in [5.74, 6) is 0.558. The van der Waals surface area contributed by atoms with Crippen molar-refractivity contribution < 1.29 is 19.3 Å². The number of epoxide rings is 1. The largest absolute Gasteiger partial charge is 0.488 e. The molecule has 6 nitrogen and oxygen atoms in total. The molecule has 2 rings (SSSR count). The molecule has 1 aliphatic rings. The topological polar surface area (TPSA) is 84.1 Å². The summed E-state index contributed by atoms with van der Waals surface area (Å²) in [6, 6.07) is 0. The van der Waals surface area contributed by atoms with Crippen molar-refractivity contribution in [2.24, 2.45) is 5.92 Å². The van der Waals surface area contributed by atoms with Gasteiger partial charge in [-0.25, -0.2) is 0 Å². The predicted molar refractivity (Wildman–Crippen MR) is 124 cm³/mol. The zero-order valence-corrected chi connectivity index (χ0v) is 20.0. The van der Waals surface area contributed by atoms with Crippen molar-refractivity contribution in [3.05, 3.63) is 56.9 Å². The lowest BCUT2D eigenvalue weighted by Crippen LogP contribution is -2.33. The molecule has 1 aromatic rings. The molecule has 1 fully saturated rings. The van der Waals surface area contributed by atoms with E-state index in [1.807, 2.05) is 27.7 Å². The SMILES string of the molecule is COc1[nH]c(C/C=C(\C)C/C=C/C(C)=C/[C@H](C)[C@H](O)C2(C)OC2C)c(C)c(=O)c1OC. The van der Waals surface area contributed by atoms with Crippen LogP contribution in [0, 0.1) is 12.8 Å². The number of hydrogen-bond donors (Lipinski definition) is 2. The average molecular weight is 432 g/mol. The Morgan fingerprint density at radius 1 is 1.32 bits per heavy atom. The smallest absolute Gasteiger partial charge is 0.238 e. The highest BCUT2D eigenvalue weighted by atomic mass is 16.6. The fourth-order valence-corrected chi connectivity index (χ4v) is 3.76. The van der Waals surface area contributed by atoms with Crippen LogP contribution in [0.5, 0.6) is 11.6 Å². The van der Waals surface area contributed by atoms with Crippen molar-refractivity contribution >= 4 is 0 Å². The zero-order valence-electron chi connectivity index (χ0n) is 20.0. The molecule has 1 saturated heterocycles. The molecule has 0 aliphatic carbocycles. The second-order valence-corrected chi connectivity index (χ2v) is 8.64. The standard InChI is InChI=1S/C25H37NO5/c1-15(12-13-20-18(4)21(27)22(29-7)24(26-20)30-8)10-9-11-16(2)14-17(3)23(28)25(6)19(5)31-25/h9,11-12,14,17,19,23,28H,10,13H2,1-8H3,(H,26,27)/b11-9+,15-12+,16-14+/t17-,19?,23-,25?/m0/s1. The first kappa shape index (κ1) is 25.0. The summed E-state index contributed by atoms with van der Waals surface area (Å²) in [6.07, 6.45) is 9.37. The van der Waals surface area contributed by atoms with Crippen LogP contribution in [0.4, 0.5) is 0 Å². The number of H-pyrrole nitrogens is 1. The quantitative estimate of drug-likeness (QED) is 0.329. The van der Waals surface area contributed by atoms with Gasteiger partial charge in [0.05, 0.1) is 26.4 Å². The molecular formula is C25H37NO5. The van der Waals surface area contributed by atoms with Crippen LogP contribution in [0.2, 0.25) is 0 Å². The molecule has 0 amide bonds. The molecule has 172 valence electrons. The van der Waals surface area contributed by atoms with E-state index in [9.17, 15) is 9.90 Å². The molecule has 2 N–H and O–H groups in total.